The Morgan fingerprint density at radius 2 is 2.12 bits per heavy atom. The van der Waals surface area contributed by atoms with Crippen molar-refractivity contribution in [3.8, 4) is 0 Å². The molecule has 2 amide bonds. The van der Waals surface area contributed by atoms with Gasteiger partial charge in [-0.2, -0.15) is 0 Å². The zero-order valence-corrected chi connectivity index (χ0v) is 25.7. The third-order valence-corrected chi connectivity index (χ3v) is 10.8. The second kappa shape index (κ2) is 11.7. The van der Waals surface area contributed by atoms with E-state index >= 15 is 0 Å². The number of carboxylic acids is 2. The van der Waals surface area contributed by atoms with Gasteiger partial charge in [-0.05, 0) is 19.4 Å². The number of aromatic nitrogens is 2. The standard InChI is InChI=1S/C24H25N7O7S4/c1-24(2,22(36)37)38-28-17(30-7-14(25)41-10-30)18(32)27-15-19(33)31-16(21(34)35)11(8-39-20(15)31)9-40-23-26-12-6-29(3)5-4-13(12)42-23/h4-7,15,20H,8-10,25H2,1-3H3,(H2-,27,32,34,35,36,37)/p+1/b28-17-/t15?,20-/m0/s1. The third kappa shape index (κ3) is 5.88. The lowest BCUT2D eigenvalue weighted by molar-refractivity contribution is -0.670. The SMILES string of the molecule is C[n+]1ccc2sc(SCC3=C(C(=O)O)N4C(=O)C(NC(=O)/C(=N/OC(C)(C)C(=O)O)N5C=C(N)SC5)[C@@H]4SC3)nc2c1. The topological polar surface area (TPSA) is 192 Å². The Labute approximate surface area is 256 Å². The van der Waals surface area contributed by atoms with Crippen LogP contribution in [0.15, 0.2) is 50.5 Å². The molecule has 1 unspecified atom stereocenters. The van der Waals surface area contributed by atoms with Gasteiger partial charge in [0.25, 0.3) is 11.8 Å². The van der Waals surface area contributed by atoms with E-state index in [-0.39, 0.29) is 17.4 Å². The van der Waals surface area contributed by atoms with E-state index in [0.717, 1.165) is 14.6 Å². The summed E-state index contributed by atoms with van der Waals surface area (Å²) >= 11 is 5.49. The lowest BCUT2D eigenvalue weighted by Crippen LogP contribution is -2.71. The summed E-state index contributed by atoms with van der Waals surface area (Å²) in [6.07, 6.45) is 5.29. The van der Waals surface area contributed by atoms with E-state index in [9.17, 15) is 29.4 Å². The number of fused-ring (bicyclic) bond motifs is 2. The number of amidine groups is 1. The van der Waals surface area contributed by atoms with Crippen LogP contribution in [0, 0.1) is 0 Å². The number of carboxylic acid groups (broad SMARTS) is 2. The molecule has 3 aliphatic heterocycles. The number of hydrogen-bond acceptors (Lipinski definition) is 12. The van der Waals surface area contributed by atoms with Crippen molar-refractivity contribution in [2.45, 2.75) is 35.2 Å². The molecule has 2 aromatic rings. The van der Waals surface area contributed by atoms with Crippen molar-refractivity contribution >= 4 is 86.4 Å². The predicted octanol–water partition coefficient (Wildman–Crippen LogP) is 0.909. The van der Waals surface area contributed by atoms with Gasteiger partial charge in [0.05, 0.1) is 15.6 Å². The number of amides is 2. The zero-order valence-electron chi connectivity index (χ0n) is 22.5. The Balaban J connectivity index is 1.31. The third-order valence-electron chi connectivity index (χ3n) is 6.36. The predicted molar refractivity (Wildman–Crippen MR) is 158 cm³/mol. The fourth-order valence-electron chi connectivity index (χ4n) is 4.08. The minimum absolute atomic E-state index is 0.0960. The van der Waals surface area contributed by atoms with Crippen LogP contribution in [0.1, 0.15) is 13.8 Å². The number of pyridine rings is 1. The Kier molecular flexibility index (Phi) is 8.32. The summed E-state index contributed by atoms with van der Waals surface area (Å²) in [5.41, 5.74) is 5.42. The first-order valence-electron chi connectivity index (χ1n) is 12.3. The fourth-order valence-corrected chi connectivity index (χ4v) is 8.29. The number of carbonyl (C=O) groups is 4. The molecule has 0 aliphatic carbocycles. The summed E-state index contributed by atoms with van der Waals surface area (Å²) in [5.74, 6) is -3.29. The van der Waals surface area contributed by atoms with Crippen LogP contribution in [-0.2, 0) is 31.1 Å². The number of nitrogens with zero attached hydrogens (tertiary/aromatic N) is 5. The van der Waals surface area contributed by atoms with E-state index in [4.69, 9.17) is 10.6 Å². The Morgan fingerprint density at radius 3 is 2.79 bits per heavy atom. The summed E-state index contributed by atoms with van der Waals surface area (Å²) in [7, 11) is 1.91. The van der Waals surface area contributed by atoms with E-state index in [1.54, 1.807) is 0 Å². The number of carbonyl (C=O) groups excluding carboxylic acids is 2. The van der Waals surface area contributed by atoms with E-state index in [2.05, 4.69) is 15.5 Å². The first-order chi connectivity index (χ1) is 19.9. The highest BCUT2D eigenvalue weighted by molar-refractivity contribution is 8.03. The second-order valence-electron chi connectivity index (χ2n) is 9.84. The van der Waals surface area contributed by atoms with E-state index in [0.29, 0.717) is 22.1 Å². The van der Waals surface area contributed by atoms with Crippen molar-refractivity contribution in [1.29, 1.82) is 0 Å². The first-order valence-corrected chi connectivity index (χ1v) is 16.1. The summed E-state index contributed by atoms with van der Waals surface area (Å²) in [6.45, 7) is 2.55. The van der Waals surface area contributed by atoms with Crippen LogP contribution < -0.4 is 15.6 Å². The molecule has 222 valence electrons. The zero-order chi connectivity index (χ0) is 30.3. The van der Waals surface area contributed by atoms with E-state index in [1.165, 1.54) is 76.5 Å². The number of β-lactam (4-membered cyclic amide) rings is 1. The number of oxime groups is 1. The molecule has 5 rings (SSSR count). The molecule has 0 radical (unpaired) electrons. The van der Waals surface area contributed by atoms with Gasteiger partial charge in [0.2, 0.25) is 11.4 Å². The number of thiazole rings is 1. The highest BCUT2D eigenvalue weighted by Crippen LogP contribution is 2.42. The van der Waals surface area contributed by atoms with E-state index < -0.39 is 40.8 Å². The number of rotatable bonds is 8. The summed E-state index contributed by atoms with van der Waals surface area (Å²) in [4.78, 5) is 62.5. The monoisotopic (exact) mass is 652 g/mol. The van der Waals surface area contributed by atoms with Crippen LogP contribution in [0.2, 0.25) is 0 Å². The molecular weight excluding hydrogens is 627 g/mol. The number of aliphatic carboxylic acids is 2. The minimum atomic E-state index is -1.73. The summed E-state index contributed by atoms with van der Waals surface area (Å²) in [6, 6.07) is 0.946. The van der Waals surface area contributed by atoms with Crippen LogP contribution in [0.25, 0.3) is 10.2 Å². The molecule has 14 nitrogen and oxygen atoms in total. The molecular formula is C24H26N7O7S4+. The van der Waals surface area contributed by atoms with Gasteiger partial charge in [0.1, 0.15) is 29.7 Å². The summed E-state index contributed by atoms with van der Waals surface area (Å²) in [5, 5.41) is 25.5. The van der Waals surface area contributed by atoms with E-state index in [1.807, 2.05) is 30.1 Å². The highest BCUT2D eigenvalue weighted by Gasteiger charge is 2.54. The maximum Gasteiger partial charge on any atom is 0.352 e. The van der Waals surface area contributed by atoms with Crippen LogP contribution in [0.5, 0.6) is 0 Å². The molecule has 18 heteroatoms. The second-order valence-corrected chi connectivity index (χ2v) is 14.2. The Hall–Kier alpha value is -3.48. The van der Waals surface area contributed by atoms with Crippen LogP contribution >= 0.6 is 46.6 Å². The van der Waals surface area contributed by atoms with Crippen LogP contribution in [0.3, 0.4) is 0 Å². The van der Waals surface area contributed by atoms with Crippen LogP contribution in [-0.4, -0.2) is 89.0 Å². The van der Waals surface area contributed by atoms with Crippen molar-refractivity contribution < 1.29 is 38.8 Å². The molecule has 2 atom stereocenters. The Bertz CT molecular complexity index is 1590. The number of nitrogens with two attached hydrogens (primary N) is 1. The number of thioether (sulfide) groups is 3. The van der Waals surface area contributed by atoms with Crippen molar-refractivity contribution in [1.82, 2.24) is 20.1 Å². The highest BCUT2D eigenvalue weighted by atomic mass is 32.2. The average Bonchev–Trinajstić information content (AvgIpc) is 3.54. The van der Waals surface area contributed by atoms with Gasteiger partial charge in [-0.3, -0.25) is 14.5 Å². The largest absolute Gasteiger partial charge is 0.478 e. The summed E-state index contributed by atoms with van der Waals surface area (Å²) < 4.78 is 3.71. The van der Waals surface area contributed by atoms with Crippen molar-refractivity contribution in [2.75, 3.05) is 17.4 Å². The molecule has 42 heavy (non-hydrogen) atoms. The van der Waals surface area contributed by atoms with Gasteiger partial charge in [-0.1, -0.05) is 28.7 Å². The van der Waals surface area contributed by atoms with Crippen LogP contribution in [0.4, 0.5) is 0 Å². The van der Waals surface area contributed by atoms with Gasteiger partial charge in [0.15, 0.2) is 16.7 Å². The number of nitrogens with one attached hydrogen (secondary N) is 1. The average molecular weight is 653 g/mol. The van der Waals surface area contributed by atoms with Gasteiger partial charge in [0, 0.05) is 23.8 Å². The molecule has 0 bridgehead atoms. The smallest absolute Gasteiger partial charge is 0.352 e. The van der Waals surface area contributed by atoms with Gasteiger partial charge in [-0.15, -0.1) is 23.1 Å². The normalized spacial score (nSPS) is 20.8. The molecule has 1 fully saturated rings. The molecule has 5 N–H and O–H groups in total. The Morgan fingerprint density at radius 1 is 1.36 bits per heavy atom. The van der Waals surface area contributed by atoms with Crippen molar-refractivity contribution in [3.63, 3.8) is 0 Å². The lowest BCUT2D eigenvalue weighted by Gasteiger charge is -2.49. The van der Waals surface area contributed by atoms with Gasteiger partial charge >= 0.3 is 11.9 Å². The minimum Gasteiger partial charge on any atom is -0.478 e. The van der Waals surface area contributed by atoms with Gasteiger partial charge < -0.3 is 31.0 Å². The molecule has 3 aliphatic rings. The number of hydrogen-bond donors (Lipinski definition) is 4. The maximum atomic E-state index is 13.3. The first kappa shape index (κ1) is 30.0. The molecule has 0 saturated carbocycles. The lowest BCUT2D eigenvalue weighted by atomic mass is 10.0. The number of aryl methyl sites for hydroxylation is 1. The van der Waals surface area contributed by atoms with Gasteiger partial charge in [-0.25, -0.2) is 19.1 Å². The van der Waals surface area contributed by atoms with Crippen molar-refractivity contribution in [2.24, 2.45) is 17.9 Å². The van der Waals surface area contributed by atoms with Crippen molar-refractivity contribution in [3.05, 3.63) is 41.0 Å². The maximum absolute atomic E-state index is 13.3. The fraction of sp³-hybridized carbons (Fsp3) is 0.375. The molecule has 0 aromatic carbocycles. The molecule has 5 heterocycles. The molecule has 1 saturated heterocycles. The molecule has 2 aromatic heterocycles. The molecule has 0 spiro atoms. The quantitative estimate of drug-likeness (QED) is 0.0787.